The minimum absolute atomic E-state index is 0.183. The molecule has 0 atom stereocenters. The summed E-state index contributed by atoms with van der Waals surface area (Å²) < 4.78 is 15.5. The molecular formula is C14H20ClNO4. The number of halogens is 1. The van der Waals surface area contributed by atoms with Crippen LogP contribution >= 0.6 is 11.6 Å². The van der Waals surface area contributed by atoms with Gasteiger partial charge in [0.15, 0.2) is 11.5 Å². The van der Waals surface area contributed by atoms with Gasteiger partial charge in [-0.05, 0) is 12.6 Å². The minimum Gasteiger partial charge on any atom is -0.493 e. The van der Waals surface area contributed by atoms with Gasteiger partial charge in [0.25, 0.3) is 0 Å². The largest absolute Gasteiger partial charge is 0.493 e. The fourth-order valence-electron chi connectivity index (χ4n) is 1.67. The monoisotopic (exact) mass is 301 g/mol. The minimum atomic E-state index is -0.314. The number of carbonyl (C=O) groups is 1. The molecule has 5 nitrogen and oxygen atoms in total. The third-order valence-electron chi connectivity index (χ3n) is 2.66. The summed E-state index contributed by atoms with van der Waals surface area (Å²) in [5, 5.41) is 3.79. The van der Waals surface area contributed by atoms with Crippen LogP contribution in [0, 0.1) is 0 Å². The van der Waals surface area contributed by atoms with Gasteiger partial charge in [-0.15, -0.1) is 0 Å². The topological polar surface area (TPSA) is 56.8 Å². The highest BCUT2D eigenvalue weighted by atomic mass is 35.5. The summed E-state index contributed by atoms with van der Waals surface area (Å²) >= 11 is 6.05. The molecule has 0 saturated heterocycles. The number of rotatable bonds is 8. The van der Waals surface area contributed by atoms with Crippen LogP contribution in [0.5, 0.6) is 11.5 Å². The average molecular weight is 302 g/mol. The van der Waals surface area contributed by atoms with Crippen molar-refractivity contribution < 1.29 is 19.0 Å². The van der Waals surface area contributed by atoms with E-state index in [0.717, 1.165) is 12.1 Å². The molecule has 0 aliphatic carbocycles. The maximum Gasteiger partial charge on any atom is 0.308 e. The van der Waals surface area contributed by atoms with Gasteiger partial charge in [-0.3, -0.25) is 4.79 Å². The number of benzene rings is 1. The predicted molar refractivity (Wildman–Crippen MR) is 77.5 cm³/mol. The van der Waals surface area contributed by atoms with Gasteiger partial charge >= 0.3 is 5.97 Å². The second-order valence-corrected chi connectivity index (χ2v) is 4.49. The van der Waals surface area contributed by atoms with Crippen LogP contribution in [-0.4, -0.2) is 33.3 Å². The first-order chi connectivity index (χ1) is 9.62. The molecule has 20 heavy (non-hydrogen) atoms. The van der Waals surface area contributed by atoms with Crippen molar-refractivity contribution in [1.29, 1.82) is 0 Å². The van der Waals surface area contributed by atoms with Crippen molar-refractivity contribution in [3.8, 4) is 11.5 Å². The summed E-state index contributed by atoms with van der Waals surface area (Å²) in [6.45, 7) is 3.68. The van der Waals surface area contributed by atoms with E-state index in [0.29, 0.717) is 23.1 Å². The van der Waals surface area contributed by atoms with Crippen LogP contribution in [0.4, 0.5) is 0 Å². The molecule has 1 aromatic rings. The van der Waals surface area contributed by atoms with Crippen molar-refractivity contribution in [3.05, 3.63) is 22.7 Å². The Kier molecular flexibility index (Phi) is 7.18. The second kappa shape index (κ2) is 8.66. The van der Waals surface area contributed by atoms with Crippen LogP contribution in [-0.2, 0) is 16.1 Å². The Morgan fingerprint density at radius 3 is 2.70 bits per heavy atom. The number of esters is 1. The summed E-state index contributed by atoms with van der Waals surface area (Å²) in [6, 6.07) is 3.50. The van der Waals surface area contributed by atoms with E-state index < -0.39 is 0 Å². The first kappa shape index (κ1) is 16.6. The lowest BCUT2D eigenvalue weighted by Crippen LogP contribution is -2.14. The van der Waals surface area contributed by atoms with Crippen LogP contribution < -0.4 is 14.8 Å². The third-order valence-corrected chi connectivity index (χ3v) is 2.88. The molecule has 0 aliphatic rings. The van der Waals surface area contributed by atoms with Crippen LogP contribution in [0.25, 0.3) is 0 Å². The molecule has 1 N–H and O–H groups in total. The number of nitrogens with one attached hydrogen (secondary N) is 1. The molecule has 0 saturated carbocycles. The number of carbonyl (C=O) groups excluding carboxylic acids is 1. The molecular weight excluding hydrogens is 282 g/mol. The van der Waals surface area contributed by atoms with Crippen molar-refractivity contribution in [2.45, 2.75) is 19.9 Å². The third kappa shape index (κ3) is 4.90. The summed E-state index contributed by atoms with van der Waals surface area (Å²) in [6.07, 6.45) is 0.183. The van der Waals surface area contributed by atoms with Gasteiger partial charge in [-0.2, -0.15) is 0 Å². The van der Waals surface area contributed by atoms with E-state index in [1.807, 2.05) is 13.0 Å². The number of hydrogen-bond acceptors (Lipinski definition) is 5. The van der Waals surface area contributed by atoms with Gasteiger partial charge in [0, 0.05) is 23.2 Å². The fraction of sp³-hybridized carbons (Fsp3) is 0.500. The molecule has 0 bridgehead atoms. The van der Waals surface area contributed by atoms with Crippen LogP contribution in [0.15, 0.2) is 12.1 Å². The Balaban J connectivity index is 2.86. The highest BCUT2D eigenvalue weighted by Gasteiger charge is 2.13. The van der Waals surface area contributed by atoms with Crippen molar-refractivity contribution in [3.63, 3.8) is 0 Å². The molecule has 0 spiro atoms. The van der Waals surface area contributed by atoms with Crippen molar-refractivity contribution in [1.82, 2.24) is 5.32 Å². The lowest BCUT2D eigenvalue weighted by molar-refractivity contribution is -0.141. The van der Waals surface area contributed by atoms with Crippen molar-refractivity contribution in [2.24, 2.45) is 0 Å². The Bertz CT molecular complexity index is 451. The molecule has 6 heteroatoms. The Labute approximate surface area is 124 Å². The van der Waals surface area contributed by atoms with Gasteiger partial charge in [-0.1, -0.05) is 18.5 Å². The van der Waals surface area contributed by atoms with Gasteiger partial charge in [-0.25, -0.2) is 0 Å². The predicted octanol–water partition coefficient (Wildman–Crippen LogP) is 2.40. The smallest absolute Gasteiger partial charge is 0.308 e. The van der Waals surface area contributed by atoms with E-state index in [1.54, 1.807) is 13.2 Å². The zero-order valence-electron chi connectivity index (χ0n) is 12.0. The van der Waals surface area contributed by atoms with Crippen molar-refractivity contribution in [2.75, 3.05) is 27.4 Å². The summed E-state index contributed by atoms with van der Waals surface area (Å²) in [5.41, 5.74) is 0.890. The highest BCUT2D eigenvalue weighted by Crippen LogP contribution is 2.34. The molecule has 1 rings (SSSR count). The molecule has 0 radical (unpaired) electrons. The molecule has 0 fully saturated rings. The molecule has 0 unspecified atom stereocenters. The molecule has 0 aromatic heterocycles. The molecule has 0 amide bonds. The summed E-state index contributed by atoms with van der Waals surface area (Å²) in [7, 11) is 2.90. The zero-order chi connectivity index (χ0) is 15.0. The first-order valence-electron chi connectivity index (χ1n) is 6.39. The Morgan fingerprint density at radius 2 is 2.10 bits per heavy atom. The van der Waals surface area contributed by atoms with E-state index in [1.165, 1.54) is 7.11 Å². The maximum absolute atomic E-state index is 11.1. The van der Waals surface area contributed by atoms with Gasteiger partial charge < -0.3 is 19.5 Å². The first-order valence-corrected chi connectivity index (χ1v) is 6.76. The highest BCUT2D eigenvalue weighted by molar-refractivity contribution is 6.30. The molecule has 0 heterocycles. The van der Waals surface area contributed by atoms with Crippen LogP contribution in [0.1, 0.15) is 18.9 Å². The normalized spacial score (nSPS) is 10.2. The summed E-state index contributed by atoms with van der Waals surface area (Å²) in [5.74, 6) is 0.836. The molecule has 1 aromatic carbocycles. The lowest BCUT2D eigenvalue weighted by atomic mass is 10.2. The number of ether oxygens (including phenoxy) is 3. The van der Waals surface area contributed by atoms with Crippen LogP contribution in [0.3, 0.4) is 0 Å². The van der Waals surface area contributed by atoms with Gasteiger partial charge in [0.1, 0.15) is 0 Å². The number of hydrogen-bond donors (Lipinski definition) is 1. The van der Waals surface area contributed by atoms with E-state index in [4.69, 9.17) is 21.1 Å². The summed E-state index contributed by atoms with van der Waals surface area (Å²) in [4.78, 5) is 11.1. The van der Waals surface area contributed by atoms with Gasteiger partial charge in [0.2, 0.25) is 0 Å². The SMILES string of the molecule is CCNCc1cc(Cl)cc(OC)c1OCCC(=O)OC. The standard InChI is InChI=1S/C14H20ClNO4/c1-4-16-9-10-7-11(15)8-12(18-2)14(10)20-6-5-13(17)19-3/h7-8,16H,4-6,9H2,1-3H3. The maximum atomic E-state index is 11.1. The lowest BCUT2D eigenvalue weighted by Gasteiger charge is -2.15. The average Bonchev–Trinajstić information content (AvgIpc) is 2.45. The van der Waals surface area contributed by atoms with E-state index in [-0.39, 0.29) is 19.0 Å². The quantitative estimate of drug-likeness (QED) is 0.747. The number of methoxy groups -OCH3 is 2. The van der Waals surface area contributed by atoms with E-state index in [9.17, 15) is 4.79 Å². The molecule has 112 valence electrons. The van der Waals surface area contributed by atoms with Crippen molar-refractivity contribution >= 4 is 17.6 Å². The van der Waals surface area contributed by atoms with Gasteiger partial charge in [0.05, 0.1) is 27.2 Å². The zero-order valence-corrected chi connectivity index (χ0v) is 12.8. The van der Waals surface area contributed by atoms with E-state index in [2.05, 4.69) is 10.1 Å². The Morgan fingerprint density at radius 1 is 1.35 bits per heavy atom. The van der Waals surface area contributed by atoms with E-state index >= 15 is 0 Å². The molecule has 0 aliphatic heterocycles. The fourth-order valence-corrected chi connectivity index (χ4v) is 1.90. The van der Waals surface area contributed by atoms with Crippen LogP contribution in [0.2, 0.25) is 5.02 Å². The second-order valence-electron chi connectivity index (χ2n) is 4.05. The Hall–Kier alpha value is -1.46.